The van der Waals surface area contributed by atoms with Gasteiger partial charge in [0.1, 0.15) is 0 Å². The lowest BCUT2D eigenvalue weighted by atomic mass is 9.92. The van der Waals surface area contributed by atoms with Crippen molar-refractivity contribution in [2.24, 2.45) is 11.6 Å². The van der Waals surface area contributed by atoms with Crippen LogP contribution in [0.25, 0.3) is 22.2 Å². The van der Waals surface area contributed by atoms with Crippen LogP contribution in [0.15, 0.2) is 66.6 Å². The number of nitrogens with zero attached hydrogens (tertiary/aromatic N) is 2. The van der Waals surface area contributed by atoms with Crippen LogP contribution in [-0.2, 0) is 0 Å². The normalized spacial score (nSPS) is 18.0. The van der Waals surface area contributed by atoms with Crippen molar-refractivity contribution in [2.75, 3.05) is 18.9 Å². The van der Waals surface area contributed by atoms with E-state index in [9.17, 15) is 0 Å². The second kappa shape index (κ2) is 9.11. The van der Waals surface area contributed by atoms with Crippen LogP contribution in [0.1, 0.15) is 36.1 Å². The van der Waals surface area contributed by atoms with Gasteiger partial charge < -0.3 is 26.8 Å². The van der Waals surface area contributed by atoms with E-state index < -0.39 is 0 Å². The van der Waals surface area contributed by atoms with E-state index in [0.29, 0.717) is 12.2 Å². The van der Waals surface area contributed by atoms with Crippen LogP contribution in [0.4, 0.5) is 5.69 Å². The predicted octanol–water partition coefficient (Wildman–Crippen LogP) is 3.82. The van der Waals surface area contributed by atoms with Gasteiger partial charge >= 0.3 is 0 Å². The van der Waals surface area contributed by atoms with Crippen molar-refractivity contribution in [3.63, 3.8) is 0 Å². The van der Waals surface area contributed by atoms with Gasteiger partial charge in [-0.3, -0.25) is 4.98 Å². The van der Waals surface area contributed by atoms with Crippen LogP contribution in [0.2, 0.25) is 0 Å². The van der Waals surface area contributed by atoms with Crippen molar-refractivity contribution in [3.8, 4) is 0 Å². The van der Waals surface area contributed by atoms with Crippen LogP contribution < -0.4 is 22.2 Å². The number of nitrogens with two attached hydrogens (primary N) is 2. The van der Waals surface area contributed by atoms with Gasteiger partial charge in [-0.05, 0) is 54.8 Å². The Hall–Kier alpha value is -3.84. The van der Waals surface area contributed by atoms with Gasteiger partial charge in [-0.15, -0.1) is 0 Å². The van der Waals surface area contributed by atoms with Crippen LogP contribution in [0.5, 0.6) is 0 Å². The van der Waals surface area contributed by atoms with Gasteiger partial charge in [0, 0.05) is 60.1 Å². The van der Waals surface area contributed by atoms with Gasteiger partial charge in [-0.1, -0.05) is 18.2 Å². The molecule has 3 aromatic rings. The van der Waals surface area contributed by atoms with Crippen LogP contribution in [0, 0.1) is 5.41 Å². The molecule has 4 rings (SSSR count). The lowest BCUT2D eigenvalue weighted by Gasteiger charge is -2.22. The summed E-state index contributed by atoms with van der Waals surface area (Å²) in [4.78, 5) is 4.41. The smallest absolute Gasteiger partial charge is 0.0777 e. The fourth-order valence-electron chi connectivity index (χ4n) is 4.26. The van der Waals surface area contributed by atoms with Crippen LogP contribution in [-0.4, -0.2) is 29.8 Å². The molecule has 7 N–H and O–H groups in total. The van der Waals surface area contributed by atoms with E-state index in [-0.39, 0.29) is 6.04 Å². The third-order valence-corrected chi connectivity index (χ3v) is 5.73. The SMILES string of the molecule is CN/C=C(\C=N)c1ccc2c(c1)C(Nc1ccc3ncccc3c1)CCN(N)/C2=C(/C)N. The van der Waals surface area contributed by atoms with Gasteiger partial charge in [-0.25, -0.2) is 5.84 Å². The highest BCUT2D eigenvalue weighted by atomic mass is 15.4. The second-order valence-electron chi connectivity index (χ2n) is 7.96. The second-order valence-corrected chi connectivity index (χ2v) is 7.96. The summed E-state index contributed by atoms with van der Waals surface area (Å²) in [7, 11) is 1.83. The zero-order valence-corrected chi connectivity index (χ0v) is 18.4. The number of pyridine rings is 1. The Morgan fingerprint density at radius 1 is 1.22 bits per heavy atom. The molecule has 1 atom stereocenters. The molecule has 7 heteroatoms. The van der Waals surface area contributed by atoms with Crippen molar-refractivity contribution < 1.29 is 0 Å². The molecule has 1 aromatic heterocycles. The number of hydrogen-bond donors (Lipinski definition) is 5. The number of rotatable bonds is 5. The minimum atomic E-state index is 0.0172. The minimum absolute atomic E-state index is 0.0172. The summed E-state index contributed by atoms with van der Waals surface area (Å²) in [5.74, 6) is 6.40. The Kier molecular flexibility index (Phi) is 6.09. The average molecular weight is 428 g/mol. The number of aromatic nitrogens is 1. The van der Waals surface area contributed by atoms with Crippen molar-refractivity contribution in [1.29, 1.82) is 5.41 Å². The molecule has 0 spiro atoms. The van der Waals surface area contributed by atoms with Gasteiger partial charge in [0.05, 0.1) is 17.3 Å². The van der Waals surface area contributed by atoms with Crippen molar-refractivity contribution >= 4 is 34.1 Å². The fraction of sp³-hybridized carbons (Fsp3) is 0.200. The topological polar surface area (TPSA) is 116 Å². The van der Waals surface area contributed by atoms with Gasteiger partial charge in [0.25, 0.3) is 0 Å². The molecule has 0 saturated heterocycles. The molecule has 7 nitrogen and oxygen atoms in total. The molecule has 1 aliphatic heterocycles. The Labute approximate surface area is 188 Å². The third kappa shape index (κ3) is 4.15. The number of anilines is 1. The largest absolute Gasteiger partial charge is 0.401 e. The number of allylic oxidation sites excluding steroid dienone is 2. The van der Waals surface area contributed by atoms with Gasteiger partial charge in [0.2, 0.25) is 0 Å². The van der Waals surface area contributed by atoms with E-state index in [1.165, 1.54) is 6.21 Å². The number of hydrogen-bond acceptors (Lipinski definition) is 7. The monoisotopic (exact) mass is 427 g/mol. The molecule has 0 saturated carbocycles. The molecular weight excluding hydrogens is 398 g/mol. The Balaban J connectivity index is 1.82. The lowest BCUT2D eigenvalue weighted by Crippen LogP contribution is -2.31. The molecule has 1 aliphatic rings. The van der Waals surface area contributed by atoms with Crippen LogP contribution in [0.3, 0.4) is 0 Å². The van der Waals surface area contributed by atoms with Crippen molar-refractivity contribution in [2.45, 2.75) is 19.4 Å². The van der Waals surface area contributed by atoms with E-state index in [4.69, 9.17) is 17.0 Å². The molecule has 2 aromatic carbocycles. The van der Waals surface area contributed by atoms with E-state index in [2.05, 4.69) is 39.9 Å². The highest BCUT2D eigenvalue weighted by Gasteiger charge is 2.26. The number of nitrogens with one attached hydrogen (secondary N) is 3. The van der Waals surface area contributed by atoms with E-state index in [1.807, 2.05) is 44.4 Å². The first-order valence-corrected chi connectivity index (χ1v) is 10.6. The van der Waals surface area contributed by atoms with E-state index >= 15 is 0 Å². The lowest BCUT2D eigenvalue weighted by molar-refractivity contribution is 0.402. The molecule has 164 valence electrons. The Bertz CT molecular complexity index is 1210. The Morgan fingerprint density at radius 2 is 2.06 bits per heavy atom. The summed E-state index contributed by atoms with van der Waals surface area (Å²) in [6, 6.07) is 16.4. The van der Waals surface area contributed by atoms with Gasteiger partial charge in [0.15, 0.2) is 0 Å². The maximum atomic E-state index is 7.82. The van der Waals surface area contributed by atoms with Crippen LogP contribution >= 0.6 is 0 Å². The molecule has 0 bridgehead atoms. The maximum Gasteiger partial charge on any atom is 0.0777 e. The molecular formula is C25H29N7. The molecule has 2 heterocycles. The highest BCUT2D eigenvalue weighted by Crippen LogP contribution is 2.36. The first kappa shape index (κ1) is 21.4. The summed E-state index contributed by atoms with van der Waals surface area (Å²) in [5.41, 5.74) is 13.6. The van der Waals surface area contributed by atoms with E-state index in [0.717, 1.165) is 51.0 Å². The molecule has 0 fully saturated rings. The fourth-order valence-corrected chi connectivity index (χ4v) is 4.26. The predicted molar refractivity (Wildman–Crippen MR) is 133 cm³/mol. The van der Waals surface area contributed by atoms with E-state index in [1.54, 1.807) is 11.2 Å². The molecule has 32 heavy (non-hydrogen) atoms. The number of benzene rings is 2. The summed E-state index contributed by atoms with van der Waals surface area (Å²) < 4.78 is 0. The summed E-state index contributed by atoms with van der Waals surface area (Å²) in [6.45, 7) is 2.53. The Morgan fingerprint density at radius 3 is 2.81 bits per heavy atom. The molecule has 0 radical (unpaired) electrons. The van der Waals surface area contributed by atoms with Crippen molar-refractivity contribution in [1.82, 2.24) is 15.3 Å². The molecule has 1 unspecified atom stereocenters. The van der Waals surface area contributed by atoms with Gasteiger partial charge in [-0.2, -0.15) is 0 Å². The molecule has 0 amide bonds. The summed E-state index contributed by atoms with van der Waals surface area (Å²) >= 11 is 0. The number of hydrazine groups is 1. The maximum absolute atomic E-state index is 7.82. The zero-order valence-electron chi connectivity index (χ0n) is 18.4. The number of fused-ring (bicyclic) bond motifs is 2. The first-order chi connectivity index (χ1) is 15.5. The third-order valence-electron chi connectivity index (χ3n) is 5.73. The minimum Gasteiger partial charge on any atom is -0.401 e. The summed E-state index contributed by atoms with van der Waals surface area (Å²) in [5, 5.41) is 17.4. The summed E-state index contributed by atoms with van der Waals surface area (Å²) in [6.07, 6.45) is 5.78. The standard InChI is InChI=1S/C25H29N7/c1-16(27)25-21-7-5-17(19(14-26)15-29-2)13-22(21)24(9-11-32(25)28)31-20-6-8-23-18(12-20)4-3-10-30-23/h3-8,10,12-15,24,26,29,31H,9,11,27-28H2,1-2H3/b19-15+,25-16-,26-14?. The average Bonchev–Trinajstić information content (AvgIpc) is 2.93. The quantitative estimate of drug-likeness (QED) is 0.312. The highest BCUT2D eigenvalue weighted by molar-refractivity contribution is 6.08. The first-order valence-electron chi connectivity index (χ1n) is 10.6. The van der Waals surface area contributed by atoms with Crippen molar-refractivity contribution in [3.05, 3.63) is 83.3 Å². The zero-order chi connectivity index (χ0) is 22.7. The molecule has 0 aliphatic carbocycles.